The van der Waals surface area contributed by atoms with Crippen molar-refractivity contribution in [3.8, 4) is 5.75 Å². The van der Waals surface area contributed by atoms with Gasteiger partial charge in [0, 0.05) is 11.6 Å². The van der Waals surface area contributed by atoms with Crippen molar-refractivity contribution in [3.63, 3.8) is 0 Å². The summed E-state index contributed by atoms with van der Waals surface area (Å²) in [6, 6.07) is 20.4. The van der Waals surface area contributed by atoms with E-state index in [9.17, 15) is 4.39 Å². The van der Waals surface area contributed by atoms with Gasteiger partial charge in [0.15, 0.2) is 0 Å². The number of nitrogens with zero attached hydrogens (tertiary/aromatic N) is 1. The van der Waals surface area contributed by atoms with E-state index in [0.29, 0.717) is 22.2 Å². The zero-order valence-corrected chi connectivity index (χ0v) is 16.5. The van der Waals surface area contributed by atoms with Crippen LogP contribution in [-0.2, 0) is 0 Å². The number of aromatic amines is 1. The van der Waals surface area contributed by atoms with Gasteiger partial charge in [-0.05, 0) is 65.3 Å². The second-order valence-electron chi connectivity index (χ2n) is 7.54. The molecule has 0 spiro atoms. The molecule has 0 unspecified atom stereocenters. The molecule has 3 aromatic carbocycles. The average molecular weight is 402 g/mol. The third kappa shape index (κ3) is 3.26. The van der Waals surface area contributed by atoms with Gasteiger partial charge in [-0.25, -0.2) is 4.39 Å². The van der Waals surface area contributed by atoms with Gasteiger partial charge in [0.05, 0.1) is 18.0 Å². The van der Waals surface area contributed by atoms with Crippen molar-refractivity contribution < 1.29 is 13.5 Å². The molecule has 1 saturated carbocycles. The highest BCUT2D eigenvalue weighted by atomic mass is 19.1. The maximum absolute atomic E-state index is 15.1. The summed E-state index contributed by atoms with van der Waals surface area (Å²) < 4.78 is 34.6. The summed E-state index contributed by atoms with van der Waals surface area (Å²) in [6.07, 6.45) is 2.00. The van der Waals surface area contributed by atoms with Crippen LogP contribution in [0.2, 0.25) is 0 Å². The first-order valence-electron chi connectivity index (χ1n) is 9.93. The Balaban J connectivity index is 1.81. The number of rotatable bonds is 5. The van der Waals surface area contributed by atoms with Crippen LogP contribution in [0.4, 0.5) is 8.78 Å². The summed E-state index contributed by atoms with van der Waals surface area (Å²) in [5.74, 6) is -0.0503. The molecule has 1 aliphatic carbocycles. The molecule has 1 fully saturated rings. The Morgan fingerprint density at radius 3 is 2.47 bits per heavy atom. The highest BCUT2D eigenvalue weighted by Gasteiger charge is 2.32. The molecular weight excluding hydrogens is 382 g/mol. The van der Waals surface area contributed by atoms with Crippen molar-refractivity contribution in [2.75, 3.05) is 7.11 Å². The van der Waals surface area contributed by atoms with Crippen LogP contribution in [0.15, 0.2) is 66.7 Å². The Morgan fingerprint density at radius 1 is 0.967 bits per heavy atom. The highest BCUT2D eigenvalue weighted by Crippen LogP contribution is 2.48. The molecule has 1 N–H and O–H groups in total. The Bertz CT molecular complexity index is 1260. The van der Waals surface area contributed by atoms with Crippen LogP contribution >= 0.6 is 0 Å². The van der Waals surface area contributed by atoms with E-state index < -0.39 is 5.95 Å². The summed E-state index contributed by atoms with van der Waals surface area (Å²) in [5, 5.41) is 6.80. The fraction of sp³-hybridized carbons (Fsp3) is 0.160. The van der Waals surface area contributed by atoms with Gasteiger partial charge in [-0.15, -0.1) is 0 Å². The second kappa shape index (κ2) is 7.41. The lowest BCUT2D eigenvalue weighted by Gasteiger charge is -2.18. The standard InChI is InChI=1S/C25H20F2N2O/c1-30-18-10-11-19(21(26)14-18)24(16-7-8-16)23(15-5-3-2-4-6-15)17-9-12-22-20(13-17)25(27)29-28-22/h2-6,9-14,16H,7-8H2,1H3,(H,28,29)/b24-23+. The van der Waals surface area contributed by atoms with E-state index >= 15 is 4.39 Å². The van der Waals surface area contributed by atoms with E-state index in [1.165, 1.54) is 13.2 Å². The molecule has 5 rings (SSSR count). The summed E-state index contributed by atoms with van der Waals surface area (Å²) in [4.78, 5) is 0. The number of aromatic nitrogens is 2. The van der Waals surface area contributed by atoms with Crippen LogP contribution in [0.3, 0.4) is 0 Å². The number of allylic oxidation sites excluding steroid dienone is 1. The third-order valence-corrected chi connectivity index (χ3v) is 5.58. The van der Waals surface area contributed by atoms with Crippen molar-refractivity contribution in [1.29, 1.82) is 0 Å². The van der Waals surface area contributed by atoms with Gasteiger partial charge in [0.25, 0.3) is 0 Å². The number of H-pyrrole nitrogens is 1. The largest absolute Gasteiger partial charge is 0.497 e. The van der Waals surface area contributed by atoms with Crippen LogP contribution in [0.25, 0.3) is 22.0 Å². The summed E-state index contributed by atoms with van der Waals surface area (Å²) >= 11 is 0. The summed E-state index contributed by atoms with van der Waals surface area (Å²) in [6.45, 7) is 0. The molecule has 1 heterocycles. The van der Waals surface area contributed by atoms with Gasteiger partial charge in [-0.1, -0.05) is 36.4 Å². The number of hydrogen-bond acceptors (Lipinski definition) is 2. The van der Waals surface area contributed by atoms with Crippen molar-refractivity contribution in [2.45, 2.75) is 12.8 Å². The smallest absolute Gasteiger partial charge is 0.216 e. The molecule has 3 nitrogen and oxygen atoms in total. The maximum atomic E-state index is 15.1. The lowest BCUT2D eigenvalue weighted by Crippen LogP contribution is -2.00. The minimum absolute atomic E-state index is 0.257. The van der Waals surface area contributed by atoms with Crippen molar-refractivity contribution >= 4 is 22.0 Å². The van der Waals surface area contributed by atoms with Crippen LogP contribution in [0, 0.1) is 17.7 Å². The number of nitrogens with one attached hydrogen (secondary N) is 1. The van der Waals surface area contributed by atoms with Crippen molar-refractivity contribution in [3.05, 3.63) is 95.2 Å². The fourth-order valence-electron chi connectivity index (χ4n) is 3.99. The SMILES string of the molecule is COc1ccc(/C(=C(\c2ccccc2)c2ccc3n[nH]c(F)c3c2)C2CC2)c(F)c1. The molecule has 1 aliphatic rings. The molecule has 0 radical (unpaired) electrons. The van der Waals surface area contributed by atoms with Crippen LogP contribution in [0.1, 0.15) is 29.5 Å². The molecule has 1 aromatic heterocycles. The van der Waals surface area contributed by atoms with Gasteiger partial charge < -0.3 is 4.74 Å². The van der Waals surface area contributed by atoms with E-state index in [-0.39, 0.29) is 11.7 Å². The van der Waals surface area contributed by atoms with Gasteiger partial charge in [-0.3, -0.25) is 5.10 Å². The molecule has 0 aliphatic heterocycles. The lowest BCUT2D eigenvalue weighted by atomic mass is 9.86. The zero-order chi connectivity index (χ0) is 20.7. The topological polar surface area (TPSA) is 37.9 Å². The minimum Gasteiger partial charge on any atom is -0.497 e. The number of methoxy groups -OCH3 is 1. The van der Waals surface area contributed by atoms with Gasteiger partial charge in [-0.2, -0.15) is 9.49 Å². The molecule has 0 atom stereocenters. The first-order chi connectivity index (χ1) is 14.7. The third-order valence-electron chi connectivity index (χ3n) is 5.58. The lowest BCUT2D eigenvalue weighted by molar-refractivity contribution is 0.411. The fourth-order valence-corrected chi connectivity index (χ4v) is 3.99. The van der Waals surface area contributed by atoms with Gasteiger partial charge in [0.2, 0.25) is 5.95 Å². The number of benzene rings is 3. The van der Waals surface area contributed by atoms with Gasteiger partial charge in [0.1, 0.15) is 11.6 Å². The Kier molecular flexibility index (Phi) is 4.58. The predicted molar refractivity (Wildman–Crippen MR) is 114 cm³/mol. The van der Waals surface area contributed by atoms with Crippen molar-refractivity contribution in [1.82, 2.24) is 10.2 Å². The Hall–Kier alpha value is -3.47. The monoisotopic (exact) mass is 402 g/mol. The van der Waals surface area contributed by atoms with E-state index in [1.807, 2.05) is 36.4 Å². The quantitative estimate of drug-likeness (QED) is 0.403. The molecule has 0 saturated heterocycles. The summed E-state index contributed by atoms with van der Waals surface area (Å²) in [7, 11) is 1.52. The van der Waals surface area contributed by atoms with E-state index in [4.69, 9.17) is 4.74 Å². The number of hydrogen-bond donors (Lipinski definition) is 1. The molecule has 150 valence electrons. The minimum atomic E-state index is -0.470. The molecule has 4 aromatic rings. The van der Waals surface area contributed by atoms with E-state index in [1.54, 1.807) is 24.3 Å². The average Bonchev–Trinajstić information content (AvgIpc) is 3.55. The molecular formula is C25H20F2N2O. The second-order valence-corrected chi connectivity index (χ2v) is 7.54. The normalized spacial score (nSPS) is 14.6. The molecule has 0 bridgehead atoms. The number of ether oxygens (including phenoxy) is 1. The predicted octanol–water partition coefficient (Wildman–Crippen LogP) is 6.22. The van der Waals surface area contributed by atoms with Crippen LogP contribution < -0.4 is 4.74 Å². The van der Waals surface area contributed by atoms with E-state index in [2.05, 4.69) is 10.2 Å². The van der Waals surface area contributed by atoms with Crippen molar-refractivity contribution in [2.24, 2.45) is 5.92 Å². The zero-order valence-electron chi connectivity index (χ0n) is 16.5. The highest BCUT2D eigenvalue weighted by molar-refractivity contribution is 6.01. The molecule has 30 heavy (non-hydrogen) atoms. The first-order valence-corrected chi connectivity index (χ1v) is 9.93. The van der Waals surface area contributed by atoms with E-state index in [0.717, 1.165) is 35.1 Å². The molecule has 5 heteroatoms. The van der Waals surface area contributed by atoms with Crippen LogP contribution in [0.5, 0.6) is 5.75 Å². The Labute approximate surface area is 173 Å². The maximum Gasteiger partial charge on any atom is 0.216 e. The van der Waals surface area contributed by atoms with Crippen LogP contribution in [-0.4, -0.2) is 17.3 Å². The molecule has 0 amide bonds. The summed E-state index contributed by atoms with van der Waals surface area (Å²) in [5.41, 5.74) is 4.80. The Morgan fingerprint density at radius 2 is 1.77 bits per heavy atom. The number of halogens is 2. The first kappa shape index (κ1) is 18.6. The van der Waals surface area contributed by atoms with Gasteiger partial charge >= 0.3 is 0 Å². The number of fused-ring (bicyclic) bond motifs is 1.